The maximum atomic E-state index is 13.7. The molecule has 0 amide bonds. The third-order valence-corrected chi connectivity index (χ3v) is 3.77. The Bertz CT molecular complexity index is 876. The molecule has 5 nitrogen and oxygen atoms in total. The number of carboxylic acid groups (broad SMARTS) is 1. The Morgan fingerprint density at radius 3 is 2.81 bits per heavy atom. The lowest BCUT2D eigenvalue weighted by atomic mass is 10.1. The van der Waals surface area contributed by atoms with Crippen LogP contribution in [0.1, 0.15) is 15.9 Å². The number of hydrogen-bond donors (Lipinski definition) is 1. The van der Waals surface area contributed by atoms with Gasteiger partial charge in [-0.25, -0.2) is 13.9 Å². The highest BCUT2D eigenvalue weighted by Crippen LogP contribution is 2.25. The fourth-order valence-electron chi connectivity index (χ4n) is 2.10. The molecule has 0 radical (unpaired) electrons. The fraction of sp³-hybridized carbons (Fsp3) is 0.0714. The number of carbonyl (C=O) groups is 1. The molecule has 0 saturated carbocycles. The summed E-state index contributed by atoms with van der Waals surface area (Å²) in [5.41, 5.74) is 2.56. The molecule has 21 heavy (non-hydrogen) atoms. The number of halogens is 2. The second kappa shape index (κ2) is 4.92. The van der Waals surface area contributed by atoms with E-state index in [1.807, 2.05) is 6.92 Å². The Labute approximate surface area is 127 Å². The SMILES string of the molecule is Cc1cc(Br)c(F)cc1-n1nnc2cc(C(=O)O)ccc21. The van der Waals surface area contributed by atoms with Crippen LogP contribution in [-0.2, 0) is 0 Å². The maximum absolute atomic E-state index is 13.7. The van der Waals surface area contributed by atoms with Gasteiger partial charge in [-0.3, -0.25) is 0 Å². The lowest BCUT2D eigenvalue weighted by molar-refractivity contribution is 0.0697. The molecule has 0 unspecified atom stereocenters. The summed E-state index contributed by atoms with van der Waals surface area (Å²) in [5.74, 6) is -1.43. The molecule has 0 fully saturated rings. The largest absolute Gasteiger partial charge is 0.478 e. The maximum Gasteiger partial charge on any atom is 0.335 e. The van der Waals surface area contributed by atoms with Gasteiger partial charge in [0.15, 0.2) is 0 Å². The minimum Gasteiger partial charge on any atom is -0.478 e. The first-order valence-corrected chi connectivity index (χ1v) is 6.81. The first kappa shape index (κ1) is 13.7. The summed E-state index contributed by atoms with van der Waals surface area (Å²) in [5, 5.41) is 16.9. The molecule has 0 bridgehead atoms. The van der Waals surface area contributed by atoms with Crippen LogP contribution in [0.15, 0.2) is 34.8 Å². The van der Waals surface area contributed by atoms with Gasteiger partial charge in [-0.15, -0.1) is 5.10 Å². The summed E-state index contributed by atoms with van der Waals surface area (Å²) in [6.07, 6.45) is 0. The van der Waals surface area contributed by atoms with Gasteiger partial charge in [0, 0.05) is 6.07 Å². The van der Waals surface area contributed by atoms with Crippen LogP contribution in [0.4, 0.5) is 4.39 Å². The molecule has 0 aliphatic heterocycles. The van der Waals surface area contributed by atoms with Crippen molar-refractivity contribution in [3.05, 3.63) is 51.7 Å². The van der Waals surface area contributed by atoms with E-state index in [2.05, 4.69) is 26.2 Å². The van der Waals surface area contributed by atoms with Gasteiger partial charge < -0.3 is 5.11 Å². The summed E-state index contributed by atoms with van der Waals surface area (Å²) in [4.78, 5) is 10.9. The predicted molar refractivity (Wildman–Crippen MR) is 78.2 cm³/mol. The molecule has 0 aliphatic carbocycles. The number of fused-ring (bicyclic) bond motifs is 1. The first-order valence-electron chi connectivity index (χ1n) is 6.02. The van der Waals surface area contributed by atoms with E-state index in [0.717, 1.165) is 5.56 Å². The van der Waals surface area contributed by atoms with Crippen molar-refractivity contribution in [1.82, 2.24) is 15.0 Å². The van der Waals surface area contributed by atoms with Crippen molar-refractivity contribution in [2.24, 2.45) is 0 Å². The minimum atomic E-state index is -1.03. The molecule has 3 aromatic rings. The lowest BCUT2D eigenvalue weighted by Crippen LogP contribution is -2.01. The molecule has 106 valence electrons. The van der Waals surface area contributed by atoms with Crippen LogP contribution in [0.25, 0.3) is 16.7 Å². The molecule has 1 aromatic heterocycles. The van der Waals surface area contributed by atoms with Gasteiger partial charge in [0.2, 0.25) is 0 Å². The van der Waals surface area contributed by atoms with Crippen molar-refractivity contribution in [3.8, 4) is 5.69 Å². The monoisotopic (exact) mass is 349 g/mol. The average Bonchev–Trinajstić information content (AvgIpc) is 2.85. The van der Waals surface area contributed by atoms with Gasteiger partial charge in [-0.05, 0) is 52.7 Å². The van der Waals surface area contributed by atoms with Crippen LogP contribution in [0, 0.1) is 12.7 Å². The first-order chi connectivity index (χ1) is 9.97. The molecule has 3 rings (SSSR count). The van der Waals surface area contributed by atoms with E-state index in [0.29, 0.717) is 21.2 Å². The topological polar surface area (TPSA) is 68.0 Å². The number of benzene rings is 2. The van der Waals surface area contributed by atoms with Crippen molar-refractivity contribution in [1.29, 1.82) is 0 Å². The second-order valence-corrected chi connectivity index (χ2v) is 5.42. The van der Waals surface area contributed by atoms with E-state index in [4.69, 9.17) is 5.11 Å². The molecule has 0 spiro atoms. The molecule has 2 aromatic carbocycles. The third-order valence-electron chi connectivity index (χ3n) is 3.16. The zero-order chi connectivity index (χ0) is 15.1. The van der Waals surface area contributed by atoms with Crippen LogP contribution >= 0.6 is 15.9 Å². The minimum absolute atomic E-state index is 0.133. The highest BCUT2D eigenvalue weighted by molar-refractivity contribution is 9.10. The Morgan fingerprint density at radius 1 is 1.33 bits per heavy atom. The molecule has 7 heteroatoms. The molecule has 1 N–H and O–H groups in total. The normalized spacial score (nSPS) is 11.0. The van der Waals surface area contributed by atoms with Crippen molar-refractivity contribution in [2.75, 3.05) is 0 Å². The van der Waals surface area contributed by atoms with Gasteiger partial charge in [-0.2, -0.15) is 0 Å². The van der Waals surface area contributed by atoms with Crippen LogP contribution < -0.4 is 0 Å². The summed E-state index contributed by atoms with van der Waals surface area (Å²) in [7, 11) is 0. The number of carboxylic acids is 1. The van der Waals surface area contributed by atoms with Crippen LogP contribution in [0.2, 0.25) is 0 Å². The highest BCUT2D eigenvalue weighted by atomic mass is 79.9. The van der Waals surface area contributed by atoms with E-state index in [1.54, 1.807) is 12.1 Å². The number of rotatable bonds is 2. The van der Waals surface area contributed by atoms with E-state index in [9.17, 15) is 9.18 Å². The van der Waals surface area contributed by atoms with Crippen molar-refractivity contribution < 1.29 is 14.3 Å². The number of hydrogen-bond acceptors (Lipinski definition) is 3. The lowest BCUT2D eigenvalue weighted by Gasteiger charge is -2.08. The fourth-order valence-corrected chi connectivity index (χ4v) is 2.56. The van der Waals surface area contributed by atoms with E-state index in [1.165, 1.54) is 22.9 Å². The zero-order valence-electron chi connectivity index (χ0n) is 10.8. The van der Waals surface area contributed by atoms with Crippen LogP contribution in [0.3, 0.4) is 0 Å². The summed E-state index contributed by atoms with van der Waals surface area (Å²) in [6.45, 7) is 1.83. The van der Waals surface area contributed by atoms with E-state index in [-0.39, 0.29) is 5.56 Å². The Hall–Kier alpha value is -2.28. The number of aryl methyl sites for hydroxylation is 1. The molecule has 0 aliphatic rings. The van der Waals surface area contributed by atoms with Crippen LogP contribution in [-0.4, -0.2) is 26.1 Å². The number of nitrogens with zero attached hydrogens (tertiary/aromatic N) is 3. The number of aromatic nitrogens is 3. The van der Waals surface area contributed by atoms with Gasteiger partial charge in [0.1, 0.15) is 11.3 Å². The van der Waals surface area contributed by atoms with Crippen molar-refractivity contribution in [3.63, 3.8) is 0 Å². The van der Waals surface area contributed by atoms with Gasteiger partial charge >= 0.3 is 5.97 Å². The third kappa shape index (κ3) is 2.29. The second-order valence-electron chi connectivity index (χ2n) is 4.56. The zero-order valence-corrected chi connectivity index (χ0v) is 12.4. The highest BCUT2D eigenvalue weighted by Gasteiger charge is 2.13. The average molecular weight is 350 g/mol. The van der Waals surface area contributed by atoms with Gasteiger partial charge in [0.05, 0.1) is 21.2 Å². The molecule has 0 atom stereocenters. The summed E-state index contributed by atoms with van der Waals surface area (Å²) in [6, 6.07) is 7.53. The van der Waals surface area contributed by atoms with Gasteiger partial charge in [0.25, 0.3) is 0 Å². The molecule has 0 saturated heterocycles. The molecule has 1 heterocycles. The quantitative estimate of drug-likeness (QED) is 0.770. The Kier molecular flexibility index (Phi) is 3.21. The van der Waals surface area contributed by atoms with Crippen LogP contribution in [0.5, 0.6) is 0 Å². The molecular formula is C14H9BrFN3O2. The Balaban J connectivity index is 2.22. The predicted octanol–water partition coefficient (Wildman–Crippen LogP) is 3.33. The molecular weight excluding hydrogens is 341 g/mol. The van der Waals surface area contributed by atoms with E-state index >= 15 is 0 Å². The van der Waals surface area contributed by atoms with Gasteiger partial charge in [-0.1, -0.05) is 5.21 Å². The van der Waals surface area contributed by atoms with E-state index < -0.39 is 11.8 Å². The Morgan fingerprint density at radius 2 is 2.10 bits per heavy atom. The number of aromatic carboxylic acids is 1. The summed E-state index contributed by atoms with van der Waals surface area (Å²) < 4.78 is 15.6. The van der Waals surface area contributed by atoms with Crippen molar-refractivity contribution in [2.45, 2.75) is 6.92 Å². The standard InChI is InChI=1S/C14H9BrFN3O2/c1-7-4-9(15)10(16)6-13(7)19-12-3-2-8(14(20)21)5-11(12)17-18-19/h2-6H,1H3,(H,20,21). The smallest absolute Gasteiger partial charge is 0.335 e. The van der Waals surface area contributed by atoms with Crippen molar-refractivity contribution >= 4 is 32.9 Å². The summed E-state index contributed by atoms with van der Waals surface area (Å²) >= 11 is 3.13.